The molecule has 0 aromatic heterocycles. The minimum absolute atomic E-state index is 0.0239. The highest BCUT2D eigenvalue weighted by Gasteiger charge is 2.21. The van der Waals surface area contributed by atoms with Crippen molar-refractivity contribution in [3.63, 3.8) is 0 Å². The molecule has 0 spiro atoms. The Kier molecular flexibility index (Phi) is 3.61. The highest BCUT2D eigenvalue weighted by molar-refractivity contribution is 14.2. The number of carboxylic acid groups (broad SMARTS) is 1. The first kappa shape index (κ1) is 12.7. The van der Waals surface area contributed by atoms with Gasteiger partial charge < -0.3 is 5.11 Å². The maximum atomic E-state index is 11.4. The fourth-order valence-corrected chi connectivity index (χ4v) is 4.91. The van der Waals surface area contributed by atoms with Crippen molar-refractivity contribution in [2.24, 2.45) is 0 Å². The lowest BCUT2D eigenvalue weighted by molar-refractivity contribution is 0.0694. The number of aromatic carboxylic acids is 1. The summed E-state index contributed by atoms with van der Waals surface area (Å²) >= 11 is -2.02. The van der Waals surface area contributed by atoms with Gasteiger partial charge in [0.15, 0.2) is 0 Å². The largest absolute Gasteiger partial charge is 0.478 e. The van der Waals surface area contributed by atoms with Gasteiger partial charge in [-0.3, -0.25) is 0 Å². The Labute approximate surface area is 117 Å². The first-order chi connectivity index (χ1) is 8.02. The second kappa shape index (κ2) is 4.84. The van der Waals surface area contributed by atoms with Crippen LogP contribution in [-0.2, 0) is 6.14 Å². The van der Waals surface area contributed by atoms with E-state index in [-0.39, 0.29) is 9.13 Å². The number of halogens is 2. The van der Waals surface area contributed by atoms with E-state index in [1.807, 2.05) is 22.6 Å². The van der Waals surface area contributed by atoms with Crippen molar-refractivity contribution in [2.75, 3.05) is 0 Å². The Hall–Kier alpha value is -0.770. The molecule has 2 aromatic rings. The van der Waals surface area contributed by atoms with Crippen LogP contribution in [0, 0.1) is 7.14 Å². The summed E-state index contributed by atoms with van der Waals surface area (Å²) in [6, 6.07) is 8.57. The molecule has 0 aliphatic carbocycles. The minimum atomic E-state index is -3.87. The Morgan fingerprint density at radius 2 is 1.88 bits per heavy atom. The van der Waals surface area contributed by atoms with Gasteiger partial charge in [-0.25, -0.2) is 10.9 Å². The van der Waals surface area contributed by atoms with Gasteiger partial charge in [0.05, 0.1) is 9.13 Å². The van der Waals surface area contributed by atoms with Crippen LogP contribution in [0.15, 0.2) is 30.3 Å². The first-order valence-electron chi connectivity index (χ1n) is 4.52. The monoisotopic (exact) mass is 456 g/mol. The molecule has 0 radical (unpaired) electrons. The summed E-state index contributed by atoms with van der Waals surface area (Å²) in [4.78, 5) is 11.1. The predicted molar refractivity (Wildman–Crippen MR) is 77.7 cm³/mol. The highest BCUT2D eigenvalue weighted by Crippen LogP contribution is 2.33. The maximum absolute atomic E-state index is 11.4. The van der Waals surface area contributed by atoms with Crippen LogP contribution in [0.2, 0.25) is 0 Å². The third-order valence-corrected chi connectivity index (χ3v) is 5.16. The van der Waals surface area contributed by atoms with Crippen molar-refractivity contribution in [2.45, 2.75) is 0 Å². The van der Waals surface area contributed by atoms with Crippen molar-refractivity contribution < 1.29 is 16.0 Å². The lowest BCUT2D eigenvalue weighted by Gasteiger charge is -2.06. The van der Waals surface area contributed by atoms with Crippen molar-refractivity contribution in [1.82, 2.24) is 0 Å². The molecule has 2 rings (SSSR count). The molecule has 0 unspecified atom stereocenters. The lowest BCUT2D eigenvalue weighted by atomic mass is 10.1. The van der Waals surface area contributed by atoms with Crippen molar-refractivity contribution in [1.29, 1.82) is 0 Å². The van der Waals surface area contributed by atoms with Crippen LogP contribution in [0.5, 0.6) is 0 Å². The Morgan fingerprint density at radius 1 is 1.24 bits per heavy atom. The van der Waals surface area contributed by atoms with Crippen molar-refractivity contribution in [3.8, 4) is 0 Å². The summed E-state index contributed by atoms with van der Waals surface area (Å²) in [6.45, 7) is 0. The summed E-state index contributed by atoms with van der Waals surface area (Å²) in [7, 11) is 0. The maximum Gasteiger partial charge on any atom is 0.342 e. The number of carbonyl (C=O) groups is 1. The quantitative estimate of drug-likeness (QED) is 0.703. The number of hydrogen-bond donors (Lipinski definition) is 1. The van der Waals surface area contributed by atoms with E-state index in [0.717, 1.165) is 5.39 Å². The van der Waals surface area contributed by atoms with E-state index in [9.17, 15) is 10.9 Å². The Morgan fingerprint density at radius 3 is 2.47 bits per heavy atom. The zero-order valence-corrected chi connectivity index (χ0v) is 12.6. The van der Waals surface area contributed by atoms with Crippen LogP contribution in [-0.4, -0.2) is 11.1 Å². The van der Waals surface area contributed by atoms with E-state index in [1.54, 1.807) is 30.3 Å². The van der Waals surface area contributed by atoms with Gasteiger partial charge in [0.25, 0.3) is 0 Å². The molecule has 6 heteroatoms. The average Bonchev–Trinajstić information content (AvgIpc) is 2.26. The second-order valence-electron chi connectivity index (χ2n) is 3.29. The predicted octanol–water partition coefficient (Wildman–Crippen LogP) is 3.51. The van der Waals surface area contributed by atoms with Gasteiger partial charge in [0, 0.05) is 8.96 Å². The number of carboxylic acids is 1. The molecular weight excluding hydrogens is 450 g/mol. The van der Waals surface area contributed by atoms with E-state index in [1.165, 1.54) is 0 Å². The highest BCUT2D eigenvalue weighted by atomic mass is 127. The van der Waals surface area contributed by atoms with Gasteiger partial charge >= 0.3 is 25.8 Å². The van der Waals surface area contributed by atoms with Gasteiger partial charge in [-0.05, 0) is 34.0 Å². The molecule has 0 saturated heterocycles. The molecule has 0 saturated carbocycles. The van der Waals surface area contributed by atoms with E-state index >= 15 is 0 Å². The molecule has 0 heterocycles. The number of benzene rings is 2. The van der Waals surface area contributed by atoms with Crippen LogP contribution in [0.25, 0.3) is 10.8 Å². The minimum Gasteiger partial charge on any atom is -0.478 e. The molecule has 0 fully saturated rings. The van der Waals surface area contributed by atoms with Crippen molar-refractivity contribution in [3.05, 3.63) is 43.0 Å². The third-order valence-electron chi connectivity index (χ3n) is 2.31. The number of hydrogen-bond acceptors (Lipinski definition) is 3. The van der Waals surface area contributed by atoms with Gasteiger partial charge in [-0.1, -0.05) is 24.3 Å². The van der Waals surface area contributed by atoms with Crippen LogP contribution >= 0.6 is 42.4 Å². The lowest BCUT2D eigenvalue weighted by Crippen LogP contribution is -2.04. The standard InChI is InChI=1S/C11H6I2O4/c12-8-5-6-3-1-2-4-7(6)10(13(16)17)9(8)11(14)15/h1-5H,(H,14,15). The van der Waals surface area contributed by atoms with Crippen molar-refractivity contribution >= 4 is 59.1 Å². The molecule has 88 valence electrons. The summed E-state index contributed by atoms with van der Waals surface area (Å²) in [5.41, 5.74) is -0.112. The first-order valence-corrected chi connectivity index (χ1v) is 8.44. The summed E-state index contributed by atoms with van der Waals surface area (Å²) in [5.74, 6) is -1.20. The van der Waals surface area contributed by atoms with Crippen LogP contribution in [0.3, 0.4) is 0 Å². The van der Waals surface area contributed by atoms with Gasteiger partial charge in [-0.15, -0.1) is 0 Å². The zero-order valence-electron chi connectivity index (χ0n) is 8.31. The molecule has 1 N–H and O–H groups in total. The van der Waals surface area contributed by atoms with E-state index in [4.69, 9.17) is 5.11 Å². The SMILES string of the molecule is O=C(O)c1c(I)cc2ccccc2c1I(=O)=O. The zero-order chi connectivity index (χ0) is 12.6. The summed E-state index contributed by atoms with van der Waals surface area (Å²) < 4.78 is 23.1. The van der Waals surface area contributed by atoms with Gasteiger partial charge in [0.1, 0.15) is 0 Å². The van der Waals surface area contributed by atoms with Gasteiger partial charge in [0.2, 0.25) is 0 Å². The normalized spacial score (nSPS) is 10.9. The molecule has 0 atom stereocenters. The average molecular weight is 456 g/mol. The van der Waals surface area contributed by atoms with E-state index in [2.05, 4.69) is 0 Å². The van der Waals surface area contributed by atoms with Crippen LogP contribution < -0.4 is 0 Å². The molecule has 0 aliphatic heterocycles. The second-order valence-corrected chi connectivity index (χ2v) is 6.77. The molecular formula is C11H6I2O4. The smallest absolute Gasteiger partial charge is 0.342 e. The third kappa shape index (κ3) is 2.28. The van der Waals surface area contributed by atoms with Crippen LogP contribution in [0.1, 0.15) is 10.4 Å². The van der Waals surface area contributed by atoms with E-state index < -0.39 is 25.8 Å². The van der Waals surface area contributed by atoms with Gasteiger partial charge in [-0.2, -0.15) is 0 Å². The number of rotatable bonds is 2. The molecule has 4 nitrogen and oxygen atoms in total. The Balaban J connectivity index is 3.04. The molecule has 2 aromatic carbocycles. The molecule has 0 amide bonds. The van der Waals surface area contributed by atoms with E-state index in [0.29, 0.717) is 8.96 Å². The summed E-state index contributed by atoms with van der Waals surface area (Å²) in [6.07, 6.45) is 0. The molecule has 0 bridgehead atoms. The topological polar surface area (TPSA) is 71.4 Å². The summed E-state index contributed by atoms with van der Waals surface area (Å²) in [5, 5.41) is 10.3. The fourth-order valence-electron chi connectivity index (χ4n) is 1.63. The molecule has 0 aliphatic rings. The fraction of sp³-hybridized carbons (Fsp3) is 0. The number of fused-ring (bicyclic) bond motifs is 1. The molecule has 17 heavy (non-hydrogen) atoms. The van der Waals surface area contributed by atoms with Crippen LogP contribution in [0.4, 0.5) is 0 Å². The Bertz CT molecular complexity index is 681.